The molecule has 3 nitrogen and oxygen atoms in total. The van der Waals surface area contributed by atoms with Crippen LogP contribution in [0.2, 0.25) is 0 Å². The van der Waals surface area contributed by atoms with E-state index in [1.807, 2.05) is 43.3 Å². The number of nitrogens with one attached hydrogen (secondary N) is 1. The van der Waals surface area contributed by atoms with Crippen LogP contribution in [-0.4, -0.2) is 23.7 Å². The Morgan fingerprint density at radius 2 is 1.55 bits per heavy atom. The minimum absolute atomic E-state index is 0.155. The third-order valence-electron chi connectivity index (χ3n) is 5.29. The molecule has 4 atom stereocenters. The van der Waals surface area contributed by atoms with Crippen LogP contribution in [0.1, 0.15) is 56.8 Å². The van der Waals surface area contributed by atoms with Gasteiger partial charge in [-0.2, -0.15) is 13.2 Å². The number of carbonyl (C=O) groups excluding carboxylic acids is 1. The zero-order valence-electron chi connectivity index (χ0n) is 18.2. The molecule has 2 rings (SSSR count). The molecule has 0 spiro atoms. The second-order valence-electron chi connectivity index (χ2n) is 8.17. The SMILES string of the molecule is C=CC[C@@](C)(C[C@H](C)c1ccccc1)O[C@@H](c1ccccc1)[C@H](C)NC(=O)C(F)(F)F. The molecule has 0 aliphatic heterocycles. The Kier molecular flexibility index (Phi) is 8.45. The largest absolute Gasteiger partial charge is 0.471 e. The lowest BCUT2D eigenvalue weighted by molar-refractivity contribution is -0.176. The summed E-state index contributed by atoms with van der Waals surface area (Å²) >= 11 is 0. The summed E-state index contributed by atoms with van der Waals surface area (Å²) in [5.41, 5.74) is 1.14. The molecule has 0 heterocycles. The third-order valence-corrected chi connectivity index (χ3v) is 5.29. The van der Waals surface area contributed by atoms with Crippen molar-refractivity contribution >= 4 is 5.91 Å². The molecule has 6 heteroatoms. The van der Waals surface area contributed by atoms with Gasteiger partial charge in [-0.25, -0.2) is 0 Å². The quantitative estimate of drug-likeness (QED) is 0.444. The van der Waals surface area contributed by atoms with Gasteiger partial charge in [-0.05, 0) is 43.7 Å². The van der Waals surface area contributed by atoms with E-state index in [-0.39, 0.29) is 5.92 Å². The number of alkyl halides is 3. The fraction of sp³-hybridized carbons (Fsp3) is 0.400. The number of rotatable bonds is 10. The summed E-state index contributed by atoms with van der Waals surface area (Å²) in [6.45, 7) is 9.38. The highest BCUT2D eigenvalue weighted by atomic mass is 19.4. The highest BCUT2D eigenvalue weighted by Gasteiger charge is 2.41. The lowest BCUT2D eigenvalue weighted by Crippen LogP contribution is -2.46. The number of amides is 1. The van der Waals surface area contributed by atoms with Crippen LogP contribution >= 0.6 is 0 Å². The number of halogens is 3. The zero-order chi connectivity index (χ0) is 23.1. The predicted octanol–water partition coefficient (Wildman–Crippen LogP) is 6.34. The van der Waals surface area contributed by atoms with E-state index in [0.717, 1.165) is 5.56 Å². The van der Waals surface area contributed by atoms with Gasteiger partial charge < -0.3 is 10.1 Å². The van der Waals surface area contributed by atoms with Crippen molar-refractivity contribution in [1.29, 1.82) is 0 Å². The van der Waals surface area contributed by atoms with Crippen LogP contribution in [0.4, 0.5) is 13.2 Å². The highest BCUT2D eigenvalue weighted by Crippen LogP contribution is 2.36. The summed E-state index contributed by atoms with van der Waals surface area (Å²) < 4.78 is 45.0. The molecule has 0 aliphatic rings. The maximum Gasteiger partial charge on any atom is 0.471 e. The zero-order valence-corrected chi connectivity index (χ0v) is 18.2. The first-order chi connectivity index (χ1) is 14.6. The molecule has 0 aliphatic carbocycles. The van der Waals surface area contributed by atoms with Gasteiger partial charge in [-0.3, -0.25) is 4.79 Å². The van der Waals surface area contributed by atoms with Gasteiger partial charge >= 0.3 is 12.1 Å². The Balaban J connectivity index is 2.30. The van der Waals surface area contributed by atoms with Crippen molar-refractivity contribution in [3.63, 3.8) is 0 Å². The van der Waals surface area contributed by atoms with E-state index in [2.05, 4.69) is 18.8 Å². The average Bonchev–Trinajstić information content (AvgIpc) is 2.72. The minimum atomic E-state index is -4.96. The van der Waals surface area contributed by atoms with Gasteiger partial charge in [-0.1, -0.05) is 73.7 Å². The van der Waals surface area contributed by atoms with Gasteiger partial charge in [0.1, 0.15) is 6.10 Å². The van der Waals surface area contributed by atoms with Crippen molar-refractivity contribution in [2.24, 2.45) is 0 Å². The fourth-order valence-electron chi connectivity index (χ4n) is 3.80. The first-order valence-corrected chi connectivity index (χ1v) is 10.3. The summed E-state index contributed by atoms with van der Waals surface area (Å²) in [5, 5.41) is 2.05. The smallest absolute Gasteiger partial charge is 0.365 e. The maximum absolute atomic E-state index is 12.8. The number of carbonyl (C=O) groups is 1. The van der Waals surface area contributed by atoms with Crippen LogP contribution < -0.4 is 5.32 Å². The molecule has 0 fully saturated rings. The van der Waals surface area contributed by atoms with Crippen molar-refractivity contribution in [3.8, 4) is 0 Å². The number of benzene rings is 2. The van der Waals surface area contributed by atoms with Crippen LogP contribution in [0.15, 0.2) is 73.3 Å². The third kappa shape index (κ3) is 7.24. The molecule has 1 N–H and O–H groups in total. The molecular weight excluding hydrogens is 403 g/mol. The van der Waals surface area contributed by atoms with Gasteiger partial charge in [0.05, 0.1) is 11.6 Å². The van der Waals surface area contributed by atoms with Crippen molar-refractivity contribution < 1.29 is 22.7 Å². The summed E-state index contributed by atoms with van der Waals surface area (Å²) in [6, 6.07) is 18.1. The molecule has 0 aromatic heterocycles. The molecule has 0 unspecified atom stereocenters. The van der Waals surface area contributed by atoms with Crippen LogP contribution in [0.25, 0.3) is 0 Å². The lowest BCUT2D eigenvalue weighted by Gasteiger charge is -2.38. The fourth-order valence-corrected chi connectivity index (χ4v) is 3.80. The van der Waals surface area contributed by atoms with Crippen molar-refractivity contribution in [3.05, 3.63) is 84.4 Å². The molecule has 1 amide bonds. The van der Waals surface area contributed by atoms with E-state index < -0.39 is 29.8 Å². The highest BCUT2D eigenvalue weighted by molar-refractivity contribution is 5.82. The van der Waals surface area contributed by atoms with Crippen molar-refractivity contribution in [2.75, 3.05) is 0 Å². The van der Waals surface area contributed by atoms with Gasteiger partial charge in [0, 0.05) is 0 Å². The normalized spacial score (nSPS) is 16.6. The molecule has 2 aromatic carbocycles. The molecule has 168 valence electrons. The summed E-state index contributed by atoms with van der Waals surface area (Å²) in [6.07, 6.45) is -2.83. The van der Waals surface area contributed by atoms with Gasteiger partial charge in [-0.15, -0.1) is 6.58 Å². The van der Waals surface area contributed by atoms with Gasteiger partial charge in [0.15, 0.2) is 0 Å². The molecule has 0 bridgehead atoms. The van der Waals surface area contributed by atoms with E-state index >= 15 is 0 Å². The van der Waals surface area contributed by atoms with E-state index in [4.69, 9.17) is 4.74 Å². The first kappa shape index (κ1) is 24.7. The van der Waals surface area contributed by atoms with E-state index in [0.29, 0.717) is 18.4 Å². The minimum Gasteiger partial charge on any atom is -0.365 e. The van der Waals surface area contributed by atoms with Crippen LogP contribution in [-0.2, 0) is 9.53 Å². The monoisotopic (exact) mass is 433 g/mol. The van der Waals surface area contributed by atoms with Gasteiger partial charge in [0.2, 0.25) is 0 Å². The Labute approximate surface area is 182 Å². The van der Waals surface area contributed by atoms with E-state index in [1.54, 1.807) is 30.3 Å². The molecule has 0 saturated carbocycles. The number of ether oxygens (including phenoxy) is 1. The van der Waals surface area contributed by atoms with Gasteiger partial charge in [0.25, 0.3) is 0 Å². The Morgan fingerprint density at radius 3 is 2.03 bits per heavy atom. The van der Waals surface area contributed by atoms with Crippen LogP contribution in [0.3, 0.4) is 0 Å². The van der Waals surface area contributed by atoms with Crippen LogP contribution in [0, 0.1) is 0 Å². The molecule has 2 aromatic rings. The molecular formula is C25H30F3NO2. The standard InChI is InChI=1S/C25H30F3NO2/c1-5-16-24(4,17-18(2)20-12-8-6-9-13-20)31-22(21-14-10-7-11-15-21)19(3)29-23(30)25(26,27)28/h5-15,18-19,22H,1,16-17H2,2-4H3,(H,29,30)/t18-,19-,22+,24-/m0/s1. The summed E-state index contributed by atoms with van der Waals surface area (Å²) in [4.78, 5) is 11.6. The van der Waals surface area contributed by atoms with Crippen LogP contribution in [0.5, 0.6) is 0 Å². The van der Waals surface area contributed by atoms with E-state index in [1.165, 1.54) is 6.92 Å². The lowest BCUT2D eigenvalue weighted by atomic mass is 9.85. The Bertz CT molecular complexity index is 839. The first-order valence-electron chi connectivity index (χ1n) is 10.3. The number of hydrogen-bond acceptors (Lipinski definition) is 2. The molecule has 0 saturated heterocycles. The van der Waals surface area contributed by atoms with E-state index in [9.17, 15) is 18.0 Å². The molecule has 31 heavy (non-hydrogen) atoms. The number of hydrogen-bond donors (Lipinski definition) is 1. The summed E-state index contributed by atoms with van der Waals surface area (Å²) in [7, 11) is 0. The Morgan fingerprint density at radius 1 is 1.03 bits per heavy atom. The second kappa shape index (κ2) is 10.6. The Hall–Kier alpha value is -2.60. The second-order valence-corrected chi connectivity index (χ2v) is 8.17. The average molecular weight is 434 g/mol. The topological polar surface area (TPSA) is 38.3 Å². The van der Waals surface area contributed by atoms with Crippen molar-refractivity contribution in [2.45, 2.75) is 63.5 Å². The predicted molar refractivity (Wildman–Crippen MR) is 117 cm³/mol. The van der Waals surface area contributed by atoms with Crippen molar-refractivity contribution in [1.82, 2.24) is 5.32 Å². The molecule has 0 radical (unpaired) electrons. The maximum atomic E-state index is 12.8. The summed E-state index contributed by atoms with van der Waals surface area (Å²) in [5.74, 6) is -1.82.